The van der Waals surface area contributed by atoms with Crippen LogP contribution in [-0.2, 0) is 16.6 Å². The molecule has 0 aliphatic heterocycles. The Balaban J connectivity index is 1.71. The van der Waals surface area contributed by atoms with Gasteiger partial charge in [0.05, 0.1) is 28.4 Å². The van der Waals surface area contributed by atoms with E-state index in [4.69, 9.17) is 0 Å². The lowest BCUT2D eigenvalue weighted by Crippen LogP contribution is -2.33. The average molecular weight is 609 g/mol. The quantitative estimate of drug-likeness (QED) is 0.155. The van der Waals surface area contributed by atoms with E-state index in [1.165, 1.54) is 4.31 Å². The molecule has 4 rings (SSSR count). The number of sulfonamides is 1. The number of nitrogens with zero attached hydrogens (tertiary/aromatic N) is 2. The van der Waals surface area contributed by atoms with E-state index in [1.807, 2.05) is 54.6 Å². The van der Waals surface area contributed by atoms with Gasteiger partial charge in [-0.3, -0.25) is 9.10 Å². The van der Waals surface area contributed by atoms with Crippen LogP contribution >= 0.6 is 22.6 Å². The summed E-state index contributed by atoms with van der Waals surface area (Å²) in [5.74, 6) is -0.503. The number of nitrogens with one attached hydrogen (secondary N) is 1. The second-order valence-corrected chi connectivity index (χ2v) is 11.1. The summed E-state index contributed by atoms with van der Waals surface area (Å²) in [5.41, 5.74) is 5.36. The number of anilines is 1. The Kier molecular flexibility index (Phi) is 8.17. The van der Waals surface area contributed by atoms with Gasteiger partial charge in [-0.25, -0.2) is 13.8 Å². The van der Waals surface area contributed by atoms with Gasteiger partial charge in [-0.1, -0.05) is 72.8 Å². The van der Waals surface area contributed by atoms with Gasteiger partial charge in [0.15, 0.2) is 0 Å². The minimum Gasteiger partial charge on any atom is -0.267 e. The summed E-state index contributed by atoms with van der Waals surface area (Å²) in [6, 6.07) is 31.9. The van der Waals surface area contributed by atoms with Crippen LogP contribution in [0.3, 0.4) is 0 Å². The number of benzene rings is 4. The first-order valence-electron chi connectivity index (χ1n) is 11.2. The molecule has 0 heterocycles. The van der Waals surface area contributed by atoms with Crippen molar-refractivity contribution in [3.05, 3.63) is 129 Å². The van der Waals surface area contributed by atoms with Crippen LogP contribution in [0, 0.1) is 3.57 Å². The van der Waals surface area contributed by atoms with Gasteiger partial charge in [-0.05, 0) is 77.0 Å². The maximum absolute atomic E-state index is 13.8. The molecule has 0 bridgehead atoms. The van der Waals surface area contributed by atoms with Crippen molar-refractivity contribution < 1.29 is 13.2 Å². The fourth-order valence-corrected chi connectivity index (χ4v) is 5.45. The van der Waals surface area contributed by atoms with Crippen molar-refractivity contribution in [3.8, 4) is 0 Å². The third kappa shape index (κ3) is 6.00. The highest BCUT2D eigenvalue weighted by Crippen LogP contribution is 2.29. The van der Waals surface area contributed by atoms with Gasteiger partial charge in [0, 0.05) is 3.57 Å². The molecular formula is C28H24IN3O3S. The molecule has 0 saturated heterocycles. The molecular weight excluding hydrogens is 585 g/mol. The number of carbonyl (C=O) groups is 1. The Bertz CT molecular complexity index is 1470. The van der Waals surface area contributed by atoms with Crippen molar-refractivity contribution in [2.24, 2.45) is 5.10 Å². The highest BCUT2D eigenvalue weighted by molar-refractivity contribution is 14.1. The lowest BCUT2D eigenvalue weighted by atomic mass is 10.1. The highest BCUT2D eigenvalue weighted by Gasteiger charge is 2.28. The molecule has 8 heteroatoms. The first-order chi connectivity index (χ1) is 17.4. The zero-order valence-electron chi connectivity index (χ0n) is 19.5. The normalized spacial score (nSPS) is 11.7. The Hall–Kier alpha value is -3.50. The van der Waals surface area contributed by atoms with Crippen molar-refractivity contribution in [2.75, 3.05) is 4.31 Å². The van der Waals surface area contributed by atoms with Crippen molar-refractivity contribution in [1.82, 2.24) is 5.43 Å². The van der Waals surface area contributed by atoms with Crippen molar-refractivity contribution >= 4 is 49.9 Å². The second-order valence-electron chi connectivity index (χ2n) is 7.97. The van der Waals surface area contributed by atoms with E-state index in [-0.39, 0.29) is 22.7 Å². The maximum Gasteiger partial charge on any atom is 0.273 e. The zero-order valence-corrected chi connectivity index (χ0v) is 22.5. The molecule has 4 aromatic rings. The average Bonchev–Trinajstić information content (AvgIpc) is 2.91. The highest BCUT2D eigenvalue weighted by atomic mass is 127. The summed E-state index contributed by atoms with van der Waals surface area (Å²) in [5, 5.41) is 4.25. The Morgan fingerprint density at radius 3 is 2.08 bits per heavy atom. The molecule has 0 aromatic heterocycles. The van der Waals surface area contributed by atoms with Gasteiger partial charge in [0.1, 0.15) is 0 Å². The molecule has 0 aliphatic carbocycles. The van der Waals surface area contributed by atoms with E-state index in [2.05, 4.69) is 33.1 Å². The molecule has 0 atom stereocenters. The largest absolute Gasteiger partial charge is 0.273 e. The summed E-state index contributed by atoms with van der Waals surface area (Å²) >= 11 is 2.22. The SMILES string of the molecule is C/C(=N\NC(=O)c1ccccc1N(Cc1ccccc1)S(=O)(=O)c1ccccc1)c1ccc(I)cc1. The second kappa shape index (κ2) is 11.5. The van der Waals surface area contributed by atoms with Crippen molar-refractivity contribution in [1.29, 1.82) is 0 Å². The van der Waals surface area contributed by atoms with Gasteiger partial charge >= 0.3 is 0 Å². The van der Waals surface area contributed by atoms with Crippen LogP contribution in [0.2, 0.25) is 0 Å². The number of hydrogen-bond donors (Lipinski definition) is 1. The third-order valence-electron chi connectivity index (χ3n) is 5.50. The van der Waals surface area contributed by atoms with Crippen LogP contribution in [0.5, 0.6) is 0 Å². The van der Waals surface area contributed by atoms with Crippen LogP contribution < -0.4 is 9.73 Å². The fourth-order valence-electron chi connectivity index (χ4n) is 3.60. The van der Waals surface area contributed by atoms with Gasteiger partial charge in [0.25, 0.3) is 15.9 Å². The molecule has 0 unspecified atom stereocenters. The summed E-state index contributed by atoms with van der Waals surface area (Å²) in [4.78, 5) is 13.4. The van der Waals surface area contributed by atoms with Gasteiger partial charge in [-0.15, -0.1) is 0 Å². The maximum atomic E-state index is 13.8. The Morgan fingerprint density at radius 1 is 0.833 bits per heavy atom. The third-order valence-corrected chi connectivity index (χ3v) is 8.00. The predicted molar refractivity (Wildman–Crippen MR) is 152 cm³/mol. The molecule has 182 valence electrons. The molecule has 4 aromatic carbocycles. The number of rotatable bonds is 8. The summed E-state index contributed by atoms with van der Waals surface area (Å²) < 4.78 is 29.9. The minimum atomic E-state index is -3.97. The molecule has 0 spiro atoms. The van der Waals surface area contributed by atoms with Crippen LogP contribution in [0.4, 0.5) is 5.69 Å². The molecule has 0 radical (unpaired) electrons. The number of hydrogen-bond acceptors (Lipinski definition) is 4. The van der Waals surface area contributed by atoms with Gasteiger partial charge < -0.3 is 0 Å². The van der Waals surface area contributed by atoms with E-state index < -0.39 is 15.9 Å². The molecule has 0 fully saturated rings. The molecule has 1 N–H and O–H groups in total. The van der Waals surface area contributed by atoms with E-state index >= 15 is 0 Å². The monoisotopic (exact) mass is 609 g/mol. The summed E-state index contributed by atoms with van der Waals surface area (Å²) in [6.07, 6.45) is 0. The minimum absolute atomic E-state index is 0.0628. The topological polar surface area (TPSA) is 78.8 Å². The van der Waals surface area contributed by atoms with Crippen LogP contribution in [-0.4, -0.2) is 20.0 Å². The fraction of sp³-hybridized carbons (Fsp3) is 0.0714. The van der Waals surface area contributed by atoms with Crippen LogP contribution in [0.1, 0.15) is 28.4 Å². The Labute approximate surface area is 224 Å². The number of hydrazone groups is 1. The molecule has 36 heavy (non-hydrogen) atoms. The lowest BCUT2D eigenvalue weighted by Gasteiger charge is -2.26. The number of amides is 1. The van der Waals surface area contributed by atoms with Crippen LogP contribution in [0.15, 0.2) is 119 Å². The van der Waals surface area contributed by atoms with E-state index in [0.717, 1.165) is 14.7 Å². The van der Waals surface area contributed by atoms with E-state index in [1.54, 1.807) is 61.5 Å². The predicted octanol–water partition coefficient (Wildman–Crippen LogP) is 5.84. The van der Waals surface area contributed by atoms with Crippen LogP contribution in [0.25, 0.3) is 0 Å². The van der Waals surface area contributed by atoms with Gasteiger partial charge in [0.2, 0.25) is 0 Å². The molecule has 6 nitrogen and oxygen atoms in total. The number of para-hydroxylation sites is 1. The smallest absolute Gasteiger partial charge is 0.267 e. The standard InChI is InChI=1S/C28H24IN3O3S/c1-21(23-16-18-24(29)19-17-23)30-31-28(33)26-14-8-9-15-27(26)32(20-22-10-4-2-5-11-22)36(34,35)25-12-6-3-7-13-25/h2-19H,20H2,1H3,(H,31,33)/b30-21+. The first-order valence-corrected chi connectivity index (χ1v) is 13.7. The van der Waals surface area contributed by atoms with E-state index in [0.29, 0.717) is 5.71 Å². The van der Waals surface area contributed by atoms with Crippen molar-refractivity contribution in [3.63, 3.8) is 0 Å². The lowest BCUT2D eigenvalue weighted by molar-refractivity contribution is 0.0955. The Morgan fingerprint density at radius 2 is 1.42 bits per heavy atom. The van der Waals surface area contributed by atoms with Crippen molar-refractivity contribution in [2.45, 2.75) is 18.4 Å². The van der Waals surface area contributed by atoms with E-state index in [9.17, 15) is 13.2 Å². The first kappa shape index (κ1) is 25.6. The molecule has 0 aliphatic rings. The molecule has 1 amide bonds. The summed E-state index contributed by atoms with van der Waals surface area (Å²) in [6.45, 7) is 1.86. The number of carbonyl (C=O) groups excluding carboxylic acids is 1. The number of halogens is 1. The van der Waals surface area contributed by atoms with Gasteiger partial charge in [-0.2, -0.15) is 5.10 Å². The zero-order chi connectivity index (χ0) is 25.5. The summed E-state index contributed by atoms with van der Waals surface area (Å²) in [7, 11) is -3.97. The molecule has 0 saturated carbocycles.